The van der Waals surface area contributed by atoms with Gasteiger partial charge in [-0.3, -0.25) is 4.79 Å². The van der Waals surface area contributed by atoms with Gasteiger partial charge in [0.25, 0.3) is 5.91 Å². The van der Waals surface area contributed by atoms with E-state index in [1.807, 2.05) is 0 Å². The van der Waals surface area contributed by atoms with Crippen LogP contribution in [0.5, 0.6) is 5.88 Å². The largest absolute Gasteiger partial charge is 0.481 e. The molecule has 0 bridgehead atoms. The second-order valence-corrected chi connectivity index (χ2v) is 4.84. The lowest BCUT2D eigenvalue weighted by molar-refractivity contribution is -0.148. The topological polar surface area (TPSA) is 79.7 Å². The lowest BCUT2D eigenvalue weighted by atomic mass is 9.92. The van der Waals surface area contributed by atoms with Gasteiger partial charge in [0.2, 0.25) is 5.88 Å². The lowest BCUT2D eigenvalue weighted by Crippen LogP contribution is -2.52. The number of carboxylic acid groups (broad SMARTS) is 1. The van der Waals surface area contributed by atoms with Crippen LogP contribution in [0.3, 0.4) is 0 Å². The minimum Gasteiger partial charge on any atom is -0.481 e. The normalized spacial score (nSPS) is 21.8. The lowest BCUT2D eigenvalue weighted by Gasteiger charge is -2.33. The number of carboxylic acids is 1. The Kier molecular flexibility index (Phi) is 3.92. The first-order valence-electron chi connectivity index (χ1n) is 6.60. The number of aliphatic carboxylic acids is 1. The van der Waals surface area contributed by atoms with Gasteiger partial charge in [-0.05, 0) is 25.3 Å². The summed E-state index contributed by atoms with van der Waals surface area (Å²) in [7, 11) is 1.50. The zero-order valence-electron chi connectivity index (χ0n) is 11.6. The number of methoxy groups -OCH3 is 1. The van der Waals surface area contributed by atoms with Gasteiger partial charge in [-0.1, -0.05) is 6.92 Å². The molecule has 6 nitrogen and oxygen atoms in total. The average molecular weight is 278 g/mol. The summed E-state index contributed by atoms with van der Waals surface area (Å²) >= 11 is 0. The molecule has 0 saturated carbocycles. The molecule has 2 rings (SSSR count). The molecule has 1 atom stereocenters. The molecule has 6 heteroatoms. The van der Waals surface area contributed by atoms with Crippen molar-refractivity contribution in [3.05, 3.63) is 23.9 Å². The third-order valence-electron chi connectivity index (χ3n) is 3.91. The highest BCUT2D eigenvalue weighted by molar-refractivity contribution is 5.98. The molecule has 0 radical (unpaired) electrons. The van der Waals surface area contributed by atoms with Crippen molar-refractivity contribution in [2.45, 2.75) is 31.7 Å². The van der Waals surface area contributed by atoms with Crippen LogP contribution < -0.4 is 4.74 Å². The Morgan fingerprint density at radius 3 is 2.75 bits per heavy atom. The molecule has 0 aliphatic carbocycles. The van der Waals surface area contributed by atoms with E-state index in [4.69, 9.17) is 4.74 Å². The second kappa shape index (κ2) is 5.48. The van der Waals surface area contributed by atoms with Gasteiger partial charge < -0.3 is 14.7 Å². The third kappa shape index (κ3) is 2.21. The predicted molar refractivity (Wildman–Crippen MR) is 71.7 cm³/mol. The highest BCUT2D eigenvalue weighted by Gasteiger charge is 2.48. The van der Waals surface area contributed by atoms with Crippen molar-refractivity contribution in [3.63, 3.8) is 0 Å². The van der Waals surface area contributed by atoms with Crippen LogP contribution in [0.4, 0.5) is 0 Å². The number of aromatic nitrogens is 1. The Hall–Kier alpha value is -2.11. The molecule has 20 heavy (non-hydrogen) atoms. The number of hydrogen-bond acceptors (Lipinski definition) is 4. The first kappa shape index (κ1) is 14.3. The number of pyridine rings is 1. The molecule has 1 aliphatic rings. The number of carbonyl (C=O) groups is 2. The van der Waals surface area contributed by atoms with Gasteiger partial charge in [-0.2, -0.15) is 0 Å². The average Bonchev–Trinajstić information content (AvgIpc) is 2.91. The smallest absolute Gasteiger partial charge is 0.329 e. The fourth-order valence-corrected chi connectivity index (χ4v) is 2.70. The fraction of sp³-hybridized carbons (Fsp3) is 0.500. The summed E-state index contributed by atoms with van der Waals surface area (Å²) in [5, 5.41) is 9.48. The van der Waals surface area contributed by atoms with Crippen LogP contribution >= 0.6 is 0 Å². The van der Waals surface area contributed by atoms with E-state index >= 15 is 0 Å². The molecule has 1 N–H and O–H groups in total. The molecule has 1 aromatic heterocycles. The van der Waals surface area contributed by atoms with Gasteiger partial charge in [0.15, 0.2) is 0 Å². The van der Waals surface area contributed by atoms with Crippen LogP contribution in [0.15, 0.2) is 18.3 Å². The van der Waals surface area contributed by atoms with Crippen LogP contribution in [0.25, 0.3) is 0 Å². The Morgan fingerprint density at radius 1 is 1.50 bits per heavy atom. The molecule has 1 aromatic rings. The standard InChI is InChI=1S/C14H18N2O4/c1-3-14(13(18)19)7-4-8-16(14)12(17)10-5-6-11(20-2)15-9-10/h5-6,9H,3-4,7-8H2,1-2H3,(H,18,19). The maximum absolute atomic E-state index is 12.5. The summed E-state index contributed by atoms with van der Waals surface area (Å²) in [6, 6.07) is 3.20. The van der Waals surface area contributed by atoms with Crippen LogP contribution in [0.1, 0.15) is 36.5 Å². The summed E-state index contributed by atoms with van der Waals surface area (Å²) in [6.07, 6.45) is 3.02. The molecule has 1 aliphatic heterocycles. The summed E-state index contributed by atoms with van der Waals surface area (Å²) < 4.78 is 4.94. The van der Waals surface area contributed by atoms with Gasteiger partial charge in [0.05, 0.1) is 12.7 Å². The maximum atomic E-state index is 12.5. The van der Waals surface area contributed by atoms with Crippen LogP contribution in [-0.2, 0) is 4.79 Å². The molecule has 108 valence electrons. The van der Waals surface area contributed by atoms with Gasteiger partial charge in [0.1, 0.15) is 5.54 Å². The minimum absolute atomic E-state index is 0.290. The summed E-state index contributed by atoms with van der Waals surface area (Å²) in [6.45, 7) is 2.26. The van der Waals surface area contributed by atoms with Crippen molar-refractivity contribution in [1.29, 1.82) is 0 Å². The molecule has 1 amide bonds. The van der Waals surface area contributed by atoms with E-state index in [2.05, 4.69) is 4.98 Å². The maximum Gasteiger partial charge on any atom is 0.329 e. The number of ether oxygens (including phenoxy) is 1. The molecule has 0 aromatic carbocycles. The molecule has 1 fully saturated rings. The SMILES string of the molecule is CCC1(C(=O)O)CCCN1C(=O)c1ccc(OC)nc1. The zero-order valence-corrected chi connectivity index (χ0v) is 11.6. The zero-order chi connectivity index (χ0) is 14.8. The highest BCUT2D eigenvalue weighted by Crippen LogP contribution is 2.34. The molecular formula is C14H18N2O4. The third-order valence-corrected chi connectivity index (χ3v) is 3.91. The van der Waals surface area contributed by atoms with E-state index in [0.29, 0.717) is 37.3 Å². The van der Waals surface area contributed by atoms with E-state index in [0.717, 1.165) is 0 Å². The van der Waals surface area contributed by atoms with Crippen molar-refractivity contribution in [2.24, 2.45) is 0 Å². The number of rotatable bonds is 4. The van der Waals surface area contributed by atoms with Crippen LogP contribution in [0, 0.1) is 0 Å². The first-order valence-corrected chi connectivity index (χ1v) is 6.60. The number of carbonyl (C=O) groups excluding carboxylic acids is 1. The van der Waals surface area contributed by atoms with E-state index < -0.39 is 11.5 Å². The minimum atomic E-state index is -1.09. The van der Waals surface area contributed by atoms with Gasteiger partial charge in [-0.15, -0.1) is 0 Å². The highest BCUT2D eigenvalue weighted by atomic mass is 16.5. The van der Waals surface area contributed by atoms with Gasteiger partial charge in [0, 0.05) is 18.8 Å². The Balaban J connectivity index is 2.29. The summed E-state index contributed by atoms with van der Waals surface area (Å²) in [4.78, 5) is 29.5. The van der Waals surface area contributed by atoms with Crippen molar-refractivity contribution in [2.75, 3.05) is 13.7 Å². The molecular weight excluding hydrogens is 260 g/mol. The van der Waals surface area contributed by atoms with E-state index in [-0.39, 0.29) is 5.91 Å². The molecule has 0 spiro atoms. The number of nitrogens with zero attached hydrogens (tertiary/aromatic N) is 2. The summed E-state index contributed by atoms with van der Waals surface area (Å²) in [5.41, 5.74) is -0.705. The van der Waals surface area contributed by atoms with Crippen molar-refractivity contribution < 1.29 is 19.4 Å². The van der Waals surface area contributed by atoms with Gasteiger partial charge >= 0.3 is 5.97 Å². The van der Waals surface area contributed by atoms with E-state index in [1.165, 1.54) is 18.2 Å². The number of hydrogen-bond donors (Lipinski definition) is 1. The Bertz CT molecular complexity index is 514. The van der Waals surface area contributed by atoms with Crippen LogP contribution in [0.2, 0.25) is 0 Å². The number of likely N-dealkylation sites (tertiary alicyclic amines) is 1. The van der Waals surface area contributed by atoms with Gasteiger partial charge in [-0.25, -0.2) is 9.78 Å². The van der Waals surface area contributed by atoms with Crippen molar-refractivity contribution >= 4 is 11.9 Å². The molecule has 1 unspecified atom stereocenters. The Labute approximate surface area is 117 Å². The quantitative estimate of drug-likeness (QED) is 0.904. The number of amides is 1. The second-order valence-electron chi connectivity index (χ2n) is 4.84. The van der Waals surface area contributed by atoms with E-state index in [9.17, 15) is 14.7 Å². The predicted octanol–water partition coefficient (Wildman–Crippen LogP) is 1.56. The summed E-state index contributed by atoms with van der Waals surface area (Å²) in [5.74, 6) is -0.808. The fourth-order valence-electron chi connectivity index (χ4n) is 2.70. The van der Waals surface area contributed by atoms with Crippen LogP contribution in [-0.4, -0.2) is 46.1 Å². The van der Waals surface area contributed by atoms with E-state index in [1.54, 1.807) is 19.1 Å². The first-order chi connectivity index (χ1) is 9.55. The molecule has 2 heterocycles. The Morgan fingerprint density at radius 2 is 2.25 bits per heavy atom. The van der Waals surface area contributed by atoms with Crippen molar-refractivity contribution in [1.82, 2.24) is 9.88 Å². The van der Waals surface area contributed by atoms with Crippen molar-refractivity contribution in [3.8, 4) is 5.88 Å². The monoisotopic (exact) mass is 278 g/mol. The molecule has 1 saturated heterocycles.